The maximum atomic E-state index is 8.76. The summed E-state index contributed by atoms with van der Waals surface area (Å²) in [6.07, 6.45) is 4.72. The van der Waals surface area contributed by atoms with Gasteiger partial charge >= 0.3 is 0 Å². The fourth-order valence-electron chi connectivity index (χ4n) is 1.13. The van der Waals surface area contributed by atoms with Crippen molar-refractivity contribution in [3.8, 4) is 6.07 Å². The van der Waals surface area contributed by atoms with E-state index in [9.17, 15) is 0 Å². The van der Waals surface area contributed by atoms with Crippen molar-refractivity contribution in [2.45, 2.75) is 6.42 Å². The molecule has 1 heterocycles. The molecule has 0 saturated heterocycles. The average Bonchev–Trinajstić information content (AvgIpc) is 2.26. The van der Waals surface area contributed by atoms with E-state index in [-0.39, 0.29) is 0 Å². The first-order valence-corrected chi connectivity index (χ1v) is 6.06. The number of hydrogen-bond donors (Lipinski definition) is 2. The van der Waals surface area contributed by atoms with Gasteiger partial charge in [-0.2, -0.15) is 17.0 Å². The lowest BCUT2D eigenvalue weighted by Gasteiger charge is -2.08. The Labute approximate surface area is 93.9 Å². The van der Waals surface area contributed by atoms with Crippen LogP contribution in [0, 0.1) is 11.3 Å². The minimum absolute atomic E-state index is 0.434. The van der Waals surface area contributed by atoms with Gasteiger partial charge in [0.05, 0.1) is 11.3 Å². The molecule has 0 bridgehead atoms. The van der Waals surface area contributed by atoms with Crippen LogP contribution in [0.4, 0.5) is 11.5 Å². The molecule has 0 amide bonds. The minimum atomic E-state index is 0.434. The van der Waals surface area contributed by atoms with Gasteiger partial charge in [-0.05, 0) is 24.5 Å². The number of pyridine rings is 1. The van der Waals surface area contributed by atoms with Gasteiger partial charge in [0, 0.05) is 12.7 Å². The maximum absolute atomic E-state index is 8.76. The van der Waals surface area contributed by atoms with Crippen LogP contribution < -0.4 is 11.1 Å². The lowest BCUT2D eigenvalue weighted by atomic mass is 10.2. The van der Waals surface area contributed by atoms with E-state index in [1.807, 2.05) is 6.07 Å². The van der Waals surface area contributed by atoms with Gasteiger partial charge in [-0.15, -0.1) is 0 Å². The highest BCUT2D eigenvalue weighted by Gasteiger charge is 2.04. The smallest absolute Gasteiger partial charge is 0.150 e. The Balaban J connectivity index is 2.58. The fraction of sp³-hybridized carbons (Fsp3) is 0.400. The largest absolute Gasteiger partial charge is 0.395 e. The van der Waals surface area contributed by atoms with E-state index in [1.54, 1.807) is 24.0 Å². The number of nitrogens with zero attached hydrogens (tertiary/aromatic N) is 2. The fourth-order valence-corrected chi connectivity index (χ4v) is 1.57. The molecule has 0 radical (unpaired) electrons. The molecule has 1 rings (SSSR count). The summed E-state index contributed by atoms with van der Waals surface area (Å²) in [7, 11) is 0. The first-order valence-electron chi connectivity index (χ1n) is 4.67. The van der Waals surface area contributed by atoms with Crippen LogP contribution in [0.2, 0.25) is 0 Å². The summed E-state index contributed by atoms with van der Waals surface area (Å²) >= 11 is 1.80. The summed E-state index contributed by atoms with van der Waals surface area (Å²) < 4.78 is 0. The standard InChI is InChI=1S/C10H14N4S/c1-15-6-2-4-13-10-9(12)8(7-11)3-5-14-10/h3,5H,2,4,6,12H2,1H3,(H,13,14). The third kappa shape index (κ3) is 3.33. The second kappa shape index (κ2) is 6.14. The van der Waals surface area contributed by atoms with Gasteiger partial charge in [0.25, 0.3) is 0 Å². The zero-order valence-corrected chi connectivity index (χ0v) is 9.47. The Morgan fingerprint density at radius 3 is 3.13 bits per heavy atom. The van der Waals surface area contributed by atoms with Crippen LogP contribution in [-0.4, -0.2) is 23.5 Å². The third-order valence-corrected chi connectivity index (χ3v) is 2.63. The second-order valence-corrected chi connectivity index (χ2v) is 3.99. The Hall–Kier alpha value is -1.41. The van der Waals surface area contributed by atoms with Crippen molar-refractivity contribution >= 4 is 23.3 Å². The van der Waals surface area contributed by atoms with Crippen molar-refractivity contribution < 1.29 is 0 Å². The van der Waals surface area contributed by atoms with Gasteiger partial charge in [0.2, 0.25) is 0 Å². The van der Waals surface area contributed by atoms with E-state index in [4.69, 9.17) is 11.0 Å². The molecule has 0 aliphatic carbocycles. The lowest BCUT2D eigenvalue weighted by molar-refractivity contribution is 0.982. The van der Waals surface area contributed by atoms with Gasteiger partial charge in [-0.3, -0.25) is 0 Å². The number of thioether (sulfide) groups is 1. The monoisotopic (exact) mass is 222 g/mol. The van der Waals surface area contributed by atoms with Crippen LogP contribution >= 0.6 is 11.8 Å². The molecule has 0 atom stereocenters. The van der Waals surface area contributed by atoms with Gasteiger partial charge in [0.15, 0.2) is 5.82 Å². The van der Waals surface area contributed by atoms with Crippen molar-refractivity contribution in [1.82, 2.24) is 4.98 Å². The summed E-state index contributed by atoms with van der Waals surface area (Å²) in [6.45, 7) is 0.826. The number of anilines is 2. The predicted molar refractivity (Wildman–Crippen MR) is 64.9 cm³/mol. The molecule has 0 aliphatic heterocycles. The molecule has 0 spiro atoms. The highest BCUT2D eigenvalue weighted by molar-refractivity contribution is 7.98. The number of hydrogen-bond acceptors (Lipinski definition) is 5. The summed E-state index contributed by atoms with van der Waals surface area (Å²) in [5.74, 6) is 1.71. The molecule has 0 fully saturated rings. The highest BCUT2D eigenvalue weighted by Crippen LogP contribution is 2.18. The van der Waals surface area contributed by atoms with Crippen LogP contribution in [0.5, 0.6) is 0 Å². The van der Waals surface area contributed by atoms with Crippen molar-refractivity contribution in [3.63, 3.8) is 0 Å². The van der Waals surface area contributed by atoms with Crippen LogP contribution in [0.1, 0.15) is 12.0 Å². The zero-order valence-electron chi connectivity index (χ0n) is 8.66. The zero-order chi connectivity index (χ0) is 11.1. The van der Waals surface area contributed by atoms with Crippen LogP contribution in [0.25, 0.3) is 0 Å². The predicted octanol–water partition coefficient (Wildman–Crippen LogP) is 1.70. The van der Waals surface area contributed by atoms with E-state index in [0.717, 1.165) is 18.7 Å². The molecule has 0 saturated carbocycles. The summed E-state index contributed by atoms with van der Waals surface area (Å²) in [6, 6.07) is 3.64. The molecular formula is C10H14N4S. The molecule has 1 aromatic rings. The van der Waals surface area contributed by atoms with Crippen LogP contribution in [0.3, 0.4) is 0 Å². The molecule has 1 aromatic heterocycles. The Morgan fingerprint density at radius 2 is 2.47 bits per heavy atom. The second-order valence-electron chi connectivity index (χ2n) is 3.01. The minimum Gasteiger partial charge on any atom is -0.395 e. The number of aromatic nitrogens is 1. The van der Waals surface area contributed by atoms with Gasteiger partial charge in [0.1, 0.15) is 6.07 Å². The number of nitrogen functional groups attached to an aromatic ring is 1. The molecule has 3 N–H and O–H groups in total. The molecule has 4 nitrogen and oxygen atoms in total. The van der Waals surface area contributed by atoms with Gasteiger partial charge in [-0.1, -0.05) is 0 Å². The molecule has 5 heteroatoms. The topological polar surface area (TPSA) is 74.7 Å². The van der Waals surface area contributed by atoms with Crippen molar-refractivity contribution in [1.29, 1.82) is 5.26 Å². The van der Waals surface area contributed by atoms with E-state index in [2.05, 4.69) is 16.6 Å². The Kier molecular flexibility index (Phi) is 4.78. The SMILES string of the molecule is CSCCCNc1nccc(C#N)c1N. The Bertz CT molecular complexity index is 359. The summed E-state index contributed by atoms with van der Waals surface area (Å²) in [5, 5.41) is 11.9. The van der Waals surface area contributed by atoms with E-state index in [1.165, 1.54) is 0 Å². The first-order chi connectivity index (χ1) is 7.29. The normalized spacial score (nSPS) is 9.60. The number of nitrogens with one attached hydrogen (secondary N) is 1. The molecule has 0 unspecified atom stereocenters. The molecule has 0 aliphatic rings. The molecule has 15 heavy (non-hydrogen) atoms. The quantitative estimate of drug-likeness (QED) is 0.742. The van der Waals surface area contributed by atoms with Crippen molar-refractivity contribution in [2.75, 3.05) is 29.6 Å². The third-order valence-electron chi connectivity index (χ3n) is 1.93. The first kappa shape index (κ1) is 11.7. The molecule has 80 valence electrons. The summed E-state index contributed by atoms with van der Waals surface area (Å²) in [4.78, 5) is 4.09. The van der Waals surface area contributed by atoms with E-state index >= 15 is 0 Å². The van der Waals surface area contributed by atoms with E-state index < -0.39 is 0 Å². The number of nitrogens with two attached hydrogens (primary N) is 1. The number of rotatable bonds is 5. The van der Waals surface area contributed by atoms with Crippen molar-refractivity contribution in [3.05, 3.63) is 17.8 Å². The van der Waals surface area contributed by atoms with Crippen LogP contribution in [-0.2, 0) is 0 Å². The lowest BCUT2D eigenvalue weighted by Crippen LogP contribution is -2.07. The maximum Gasteiger partial charge on any atom is 0.150 e. The van der Waals surface area contributed by atoms with Gasteiger partial charge in [-0.25, -0.2) is 4.98 Å². The Morgan fingerprint density at radius 1 is 1.67 bits per heavy atom. The van der Waals surface area contributed by atoms with E-state index in [0.29, 0.717) is 17.1 Å². The molecule has 0 aromatic carbocycles. The average molecular weight is 222 g/mol. The van der Waals surface area contributed by atoms with Crippen molar-refractivity contribution in [2.24, 2.45) is 0 Å². The summed E-state index contributed by atoms with van der Waals surface area (Å²) in [5.41, 5.74) is 6.66. The molecular weight excluding hydrogens is 208 g/mol. The van der Waals surface area contributed by atoms with Crippen LogP contribution in [0.15, 0.2) is 12.3 Å². The number of nitriles is 1. The van der Waals surface area contributed by atoms with Gasteiger partial charge < -0.3 is 11.1 Å². The highest BCUT2D eigenvalue weighted by atomic mass is 32.2.